The van der Waals surface area contributed by atoms with Crippen LogP contribution in [-0.4, -0.2) is 112 Å². The summed E-state index contributed by atoms with van der Waals surface area (Å²) in [5, 5.41) is 24.5. The number of thiazole rings is 1. The van der Waals surface area contributed by atoms with Gasteiger partial charge in [-0.1, -0.05) is 45.0 Å². The number of aromatic nitrogens is 2. The maximum Gasteiger partial charge on any atom is 0.421 e. The number of aliphatic hydroxyl groups is 1. The van der Waals surface area contributed by atoms with E-state index < -0.39 is 123 Å². The van der Waals surface area contributed by atoms with Crippen LogP contribution in [0.2, 0.25) is 0 Å². The Balaban J connectivity index is 0.985. The first-order valence-corrected chi connectivity index (χ1v) is 23.3. The summed E-state index contributed by atoms with van der Waals surface area (Å²) in [6.07, 6.45) is -10.5. The van der Waals surface area contributed by atoms with Crippen molar-refractivity contribution in [3.63, 3.8) is 0 Å². The van der Waals surface area contributed by atoms with Crippen molar-refractivity contribution < 1.29 is 69.2 Å². The van der Waals surface area contributed by atoms with Crippen molar-refractivity contribution in [1.29, 1.82) is 5.26 Å². The van der Waals surface area contributed by atoms with Crippen LogP contribution >= 0.6 is 23.6 Å². The first-order valence-electron chi connectivity index (χ1n) is 22.1. The van der Waals surface area contributed by atoms with E-state index in [0.717, 1.165) is 38.9 Å². The highest BCUT2D eigenvalue weighted by Gasteiger charge is 2.53. The number of ether oxygens (including phenoxy) is 3. The normalized spacial score (nSPS) is 17.5. The fourth-order valence-corrected chi connectivity index (χ4v) is 9.32. The number of halogens is 7. The Labute approximate surface area is 418 Å². The number of β-amino-alcohol motifs (C(OH)–C–C–N with tert-alkyl or cyclic N) is 1. The third-order valence-corrected chi connectivity index (χ3v) is 13.0. The Hall–Kier alpha value is -6.33. The Bertz CT molecular complexity index is 2740. The number of benzene rings is 2. The molecule has 2 fully saturated rings. The van der Waals surface area contributed by atoms with Crippen LogP contribution in [0.5, 0.6) is 5.88 Å². The number of thiocarbonyl (C=S) groups is 1. The topological polar surface area (TPSA) is 200 Å². The minimum absolute atomic E-state index is 0.00414. The molecule has 2 aromatic carbocycles. The second-order valence-electron chi connectivity index (χ2n) is 18.2. The molecule has 16 nitrogen and oxygen atoms in total. The molecule has 386 valence electrons. The van der Waals surface area contributed by atoms with Crippen LogP contribution in [0.25, 0.3) is 10.4 Å². The summed E-state index contributed by atoms with van der Waals surface area (Å²) in [7, 11) is 0. The van der Waals surface area contributed by atoms with E-state index in [2.05, 4.69) is 20.6 Å². The summed E-state index contributed by atoms with van der Waals surface area (Å²) in [5.74, 6) is -5.69. The number of nitrogens with one attached hydrogen (secondary N) is 2. The number of rotatable bonds is 17. The lowest BCUT2D eigenvalue weighted by atomic mass is 9.85. The summed E-state index contributed by atoms with van der Waals surface area (Å²) in [5.41, 5.74) is -4.07. The molecule has 4 amide bonds. The van der Waals surface area contributed by atoms with E-state index in [-0.39, 0.29) is 39.3 Å². The van der Waals surface area contributed by atoms with E-state index in [4.69, 9.17) is 31.7 Å². The van der Waals surface area contributed by atoms with Gasteiger partial charge in [-0.25, -0.2) is 14.4 Å². The van der Waals surface area contributed by atoms with Crippen molar-refractivity contribution in [2.45, 2.75) is 90.6 Å². The standard InChI is InChI=1S/C47H49F7N8O8S2/c1-25-37(72-24-58-25)27-9-7-26(8-10-27)20-56-39(65)33-18-30(63)22-60(33)41(66)38(44(2,3)4)59-34(64)23-69-14-13-68-15-16-70-40-31(46(49,50)51)17-29(21-57-40)62-43(71)61(42(67)45(62,5)6)32-12-11-28(19-55)35(36(32)48)47(52,53)54/h7-12,17,21,24,30,33,38,63H,13-16,18,20,22-23H2,1-6H3,(H,56,65)(H,59,64)/t30-,33+,38-/m1/s1. The van der Waals surface area contributed by atoms with Gasteiger partial charge >= 0.3 is 12.4 Å². The maximum absolute atomic E-state index is 15.4. The fourth-order valence-electron chi connectivity index (χ4n) is 8.00. The maximum atomic E-state index is 15.4. The number of amides is 4. The lowest BCUT2D eigenvalue weighted by Crippen LogP contribution is -2.58. The van der Waals surface area contributed by atoms with E-state index >= 15 is 4.39 Å². The molecule has 3 atom stereocenters. The fraction of sp³-hybridized carbons (Fsp3) is 0.447. The van der Waals surface area contributed by atoms with Crippen molar-refractivity contribution in [3.05, 3.63) is 87.9 Å². The summed E-state index contributed by atoms with van der Waals surface area (Å²) < 4.78 is 116. The molecule has 0 spiro atoms. The zero-order chi connectivity index (χ0) is 53.1. The molecule has 2 saturated heterocycles. The van der Waals surface area contributed by atoms with E-state index in [1.807, 2.05) is 31.2 Å². The average molecular weight is 1050 g/mol. The van der Waals surface area contributed by atoms with Crippen LogP contribution < -0.4 is 25.2 Å². The molecule has 6 rings (SSSR count). The van der Waals surface area contributed by atoms with Gasteiger partial charge in [-0.15, -0.1) is 11.3 Å². The van der Waals surface area contributed by atoms with Crippen molar-refractivity contribution >= 4 is 63.7 Å². The van der Waals surface area contributed by atoms with E-state index in [0.29, 0.717) is 17.0 Å². The van der Waals surface area contributed by atoms with Gasteiger partial charge in [0, 0.05) is 19.5 Å². The number of nitriles is 1. The van der Waals surface area contributed by atoms with Crippen LogP contribution in [0.3, 0.4) is 0 Å². The minimum Gasteiger partial charge on any atom is -0.475 e. The summed E-state index contributed by atoms with van der Waals surface area (Å²) in [6.45, 7) is 7.96. The number of hydrogen-bond acceptors (Lipinski definition) is 13. The van der Waals surface area contributed by atoms with Gasteiger partial charge in [0.05, 0.1) is 71.2 Å². The van der Waals surface area contributed by atoms with Crippen molar-refractivity contribution in [2.75, 3.05) is 49.4 Å². The number of carbonyl (C=O) groups is 4. The molecule has 2 aliphatic heterocycles. The van der Waals surface area contributed by atoms with Gasteiger partial charge in [-0.3, -0.25) is 24.1 Å². The first-order chi connectivity index (χ1) is 33.7. The smallest absolute Gasteiger partial charge is 0.421 e. The lowest BCUT2D eigenvalue weighted by molar-refractivity contribution is -0.144. The Morgan fingerprint density at radius 1 is 1.00 bits per heavy atom. The quantitative estimate of drug-likeness (QED) is 0.0574. The molecule has 4 aromatic rings. The number of nitrogens with zero attached hydrogens (tertiary/aromatic N) is 6. The molecule has 2 aliphatic rings. The monoisotopic (exact) mass is 1050 g/mol. The van der Waals surface area contributed by atoms with E-state index in [1.54, 1.807) is 26.3 Å². The number of carbonyl (C=O) groups excluding carboxylic acids is 4. The van der Waals surface area contributed by atoms with E-state index in [9.17, 15) is 50.6 Å². The number of anilines is 2. The Morgan fingerprint density at radius 3 is 2.28 bits per heavy atom. The number of pyridine rings is 1. The highest BCUT2D eigenvalue weighted by atomic mass is 32.1. The van der Waals surface area contributed by atoms with Gasteiger partial charge in [-0.2, -0.15) is 31.6 Å². The molecular formula is C47H49F7N8O8S2. The number of hydrogen-bond donors (Lipinski definition) is 3. The molecular weight excluding hydrogens is 1000 g/mol. The zero-order valence-corrected chi connectivity index (χ0v) is 41.2. The molecule has 0 aliphatic carbocycles. The number of aliphatic hydroxyl groups excluding tert-OH is 1. The highest BCUT2D eigenvalue weighted by Crippen LogP contribution is 2.44. The molecule has 0 unspecified atom stereocenters. The van der Waals surface area contributed by atoms with Gasteiger partial charge < -0.3 is 39.8 Å². The van der Waals surface area contributed by atoms with Crippen LogP contribution in [0, 0.1) is 29.5 Å². The molecule has 0 bridgehead atoms. The molecule has 3 N–H and O–H groups in total. The van der Waals surface area contributed by atoms with Gasteiger partial charge in [0.1, 0.15) is 42.0 Å². The van der Waals surface area contributed by atoms with Crippen LogP contribution in [0.4, 0.5) is 42.1 Å². The molecule has 0 saturated carbocycles. The van der Waals surface area contributed by atoms with E-state index in [1.165, 1.54) is 36.2 Å². The number of aryl methyl sites for hydroxylation is 1. The van der Waals surface area contributed by atoms with Gasteiger partial charge in [0.2, 0.25) is 23.6 Å². The molecule has 2 aromatic heterocycles. The number of likely N-dealkylation sites (tertiary alicyclic amines) is 1. The highest BCUT2D eigenvalue weighted by molar-refractivity contribution is 7.81. The molecule has 4 heterocycles. The van der Waals surface area contributed by atoms with Gasteiger partial charge in [0.25, 0.3) is 5.91 Å². The average Bonchev–Trinajstić information content (AvgIpc) is 3.96. The first kappa shape index (κ1) is 55.0. The molecule has 72 heavy (non-hydrogen) atoms. The molecule has 0 radical (unpaired) electrons. The van der Waals surface area contributed by atoms with Gasteiger partial charge in [-0.05, 0) is 67.7 Å². The molecule has 25 heteroatoms. The SMILES string of the molecule is Cc1ncsc1-c1ccc(CNC(=O)[C@@H]2C[C@@H](O)CN2C(=O)[C@@H](NC(=O)COCCOCCOc2ncc(N3C(=S)N(c4ccc(C#N)c(C(F)(F)F)c4F)C(=O)C3(C)C)cc2C(F)(F)F)C(C)(C)C)cc1. The third-order valence-electron chi connectivity index (χ3n) is 11.6. The lowest BCUT2D eigenvalue weighted by Gasteiger charge is -2.35. The van der Waals surface area contributed by atoms with Gasteiger partial charge in [0.15, 0.2) is 10.9 Å². The van der Waals surface area contributed by atoms with Crippen molar-refractivity contribution in [1.82, 2.24) is 25.5 Å². The largest absolute Gasteiger partial charge is 0.475 e. The predicted molar refractivity (Wildman–Crippen MR) is 251 cm³/mol. The van der Waals surface area contributed by atoms with Crippen molar-refractivity contribution in [3.8, 4) is 22.4 Å². The summed E-state index contributed by atoms with van der Waals surface area (Å²) >= 11 is 6.85. The summed E-state index contributed by atoms with van der Waals surface area (Å²) in [4.78, 5) is 65.6. The zero-order valence-electron chi connectivity index (χ0n) is 39.5. The number of alkyl halides is 6. The van der Waals surface area contributed by atoms with Crippen molar-refractivity contribution in [2.24, 2.45) is 5.41 Å². The second kappa shape index (κ2) is 21.8. The minimum atomic E-state index is -5.35. The third kappa shape index (κ3) is 12.1. The van der Waals surface area contributed by atoms with Crippen LogP contribution in [0.15, 0.2) is 54.2 Å². The Kier molecular flexibility index (Phi) is 16.6. The predicted octanol–water partition coefficient (Wildman–Crippen LogP) is 6.70. The Morgan fingerprint density at radius 2 is 1.67 bits per heavy atom. The second-order valence-corrected chi connectivity index (χ2v) is 19.5. The summed E-state index contributed by atoms with van der Waals surface area (Å²) in [6, 6.07) is 8.66. The van der Waals surface area contributed by atoms with Crippen LogP contribution in [0.1, 0.15) is 69.0 Å². The van der Waals surface area contributed by atoms with Crippen LogP contribution in [-0.2, 0) is 47.5 Å².